The highest BCUT2D eigenvalue weighted by molar-refractivity contribution is 5.38. The van der Waals surface area contributed by atoms with Gasteiger partial charge in [0.15, 0.2) is 0 Å². The average Bonchev–Trinajstić information content (AvgIpc) is 2.39. The van der Waals surface area contributed by atoms with Crippen LogP contribution in [0.4, 0.5) is 4.39 Å². The van der Waals surface area contributed by atoms with Crippen LogP contribution in [-0.2, 0) is 6.54 Å². The van der Waals surface area contributed by atoms with Crippen molar-refractivity contribution in [1.29, 1.82) is 0 Å². The summed E-state index contributed by atoms with van der Waals surface area (Å²) in [6.07, 6.45) is 1.59. The zero-order valence-corrected chi connectivity index (χ0v) is 11.1. The number of nitrogens with two attached hydrogens (primary N) is 1. The monoisotopic (exact) mass is 271 g/mol. The van der Waals surface area contributed by atoms with Crippen molar-refractivity contribution in [3.05, 3.63) is 63.3 Å². The largest absolute Gasteiger partial charge is 0.320 e. The molecule has 102 valence electrons. The summed E-state index contributed by atoms with van der Waals surface area (Å²) in [5.74, 6) is 5.04. The Hall–Kier alpha value is -2.45. The Bertz CT molecular complexity index is 741. The van der Waals surface area contributed by atoms with Gasteiger partial charge in [-0.15, -0.1) is 0 Å². The van der Waals surface area contributed by atoms with E-state index in [-0.39, 0.29) is 18.6 Å². The first-order valence-corrected chi connectivity index (χ1v) is 6.10. The van der Waals surface area contributed by atoms with Gasteiger partial charge in [-0.3, -0.25) is 4.79 Å². The zero-order chi connectivity index (χ0) is 14.5. The molecule has 0 saturated heterocycles. The van der Waals surface area contributed by atoms with Gasteiger partial charge in [0.05, 0.1) is 19.3 Å². The van der Waals surface area contributed by atoms with Crippen LogP contribution in [-0.4, -0.2) is 16.3 Å². The molecule has 1 heterocycles. The fourth-order valence-corrected chi connectivity index (χ4v) is 1.78. The molecule has 2 aromatic rings. The fraction of sp³-hybridized carbons (Fsp3) is 0.200. The van der Waals surface area contributed by atoms with Gasteiger partial charge < -0.3 is 5.73 Å². The topological polar surface area (TPSA) is 60.9 Å². The number of halogens is 1. The first-order chi connectivity index (χ1) is 9.58. The molecule has 0 aliphatic carbocycles. The summed E-state index contributed by atoms with van der Waals surface area (Å²) in [6, 6.07) is 5.90. The van der Waals surface area contributed by atoms with E-state index in [4.69, 9.17) is 5.73 Å². The van der Waals surface area contributed by atoms with Crippen LogP contribution in [0.3, 0.4) is 0 Å². The molecule has 0 saturated carbocycles. The van der Waals surface area contributed by atoms with Gasteiger partial charge in [-0.1, -0.05) is 11.8 Å². The van der Waals surface area contributed by atoms with E-state index in [9.17, 15) is 9.18 Å². The molecule has 1 aromatic carbocycles. The van der Waals surface area contributed by atoms with Gasteiger partial charge in [-0.2, -0.15) is 5.10 Å². The molecule has 0 spiro atoms. The van der Waals surface area contributed by atoms with Gasteiger partial charge in [0.1, 0.15) is 5.82 Å². The molecule has 0 aliphatic heterocycles. The summed E-state index contributed by atoms with van der Waals surface area (Å²) in [6.45, 7) is 2.21. The molecular formula is C15H14FN3O. The second-order valence-corrected chi connectivity index (χ2v) is 4.38. The minimum absolute atomic E-state index is 0.203. The lowest BCUT2D eigenvalue weighted by molar-refractivity contribution is 0.609. The van der Waals surface area contributed by atoms with Crippen molar-refractivity contribution in [3.63, 3.8) is 0 Å². The first-order valence-electron chi connectivity index (χ1n) is 6.10. The molecule has 5 heteroatoms. The molecular weight excluding hydrogens is 257 g/mol. The second-order valence-electron chi connectivity index (χ2n) is 4.38. The van der Waals surface area contributed by atoms with Gasteiger partial charge >= 0.3 is 0 Å². The predicted molar refractivity (Wildman–Crippen MR) is 74.7 cm³/mol. The van der Waals surface area contributed by atoms with E-state index in [0.29, 0.717) is 11.1 Å². The molecule has 1 aromatic heterocycles. The molecule has 0 radical (unpaired) electrons. The van der Waals surface area contributed by atoms with E-state index >= 15 is 0 Å². The Morgan fingerprint density at radius 2 is 2.15 bits per heavy atom. The number of nitrogens with zero attached hydrogens (tertiary/aromatic N) is 2. The van der Waals surface area contributed by atoms with Crippen molar-refractivity contribution in [2.45, 2.75) is 13.5 Å². The molecule has 0 bridgehead atoms. The van der Waals surface area contributed by atoms with Crippen LogP contribution in [0, 0.1) is 24.6 Å². The summed E-state index contributed by atoms with van der Waals surface area (Å²) in [5.41, 5.74) is 7.02. The smallest absolute Gasteiger partial charge is 0.267 e. The maximum Gasteiger partial charge on any atom is 0.267 e. The van der Waals surface area contributed by atoms with E-state index < -0.39 is 5.82 Å². The Labute approximate surface area is 116 Å². The van der Waals surface area contributed by atoms with E-state index in [0.717, 1.165) is 5.56 Å². The van der Waals surface area contributed by atoms with Crippen LogP contribution < -0.4 is 11.3 Å². The second kappa shape index (κ2) is 6.13. The third-order valence-electron chi connectivity index (χ3n) is 2.63. The molecule has 0 fully saturated rings. The van der Waals surface area contributed by atoms with Gasteiger partial charge in [0.25, 0.3) is 5.56 Å². The Balaban J connectivity index is 2.33. The summed E-state index contributed by atoms with van der Waals surface area (Å²) < 4.78 is 14.8. The van der Waals surface area contributed by atoms with Gasteiger partial charge in [-0.25, -0.2) is 9.07 Å². The Morgan fingerprint density at radius 1 is 1.35 bits per heavy atom. The lowest BCUT2D eigenvalue weighted by Crippen LogP contribution is -2.22. The number of hydrogen-bond donors (Lipinski definition) is 1. The maximum atomic E-state index is 13.5. The van der Waals surface area contributed by atoms with Crippen LogP contribution in [0.25, 0.3) is 0 Å². The SMILES string of the molecule is Cc1cnn(Cc2cc(F)cc(C#CCN)c2)c(=O)c1. The molecule has 0 atom stereocenters. The Morgan fingerprint density at radius 3 is 2.85 bits per heavy atom. The normalized spacial score (nSPS) is 9.95. The van der Waals surface area contributed by atoms with Crippen LogP contribution in [0.1, 0.15) is 16.7 Å². The number of benzene rings is 1. The standard InChI is InChI=1S/C15H14FN3O/c1-11-5-15(20)19(18-9-11)10-13-6-12(3-2-4-17)7-14(16)8-13/h5-9H,4,10,17H2,1H3. The van der Waals surface area contributed by atoms with Crippen LogP contribution in [0.15, 0.2) is 35.3 Å². The van der Waals surface area contributed by atoms with Crippen molar-refractivity contribution in [3.8, 4) is 11.8 Å². The van der Waals surface area contributed by atoms with Crippen molar-refractivity contribution >= 4 is 0 Å². The average molecular weight is 271 g/mol. The van der Waals surface area contributed by atoms with Gasteiger partial charge in [-0.05, 0) is 36.2 Å². The van der Waals surface area contributed by atoms with Crippen molar-refractivity contribution < 1.29 is 4.39 Å². The minimum atomic E-state index is -0.399. The van der Waals surface area contributed by atoms with Gasteiger partial charge in [0.2, 0.25) is 0 Å². The maximum absolute atomic E-state index is 13.5. The van der Waals surface area contributed by atoms with Crippen LogP contribution in [0.2, 0.25) is 0 Å². The van der Waals surface area contributed by atoms with Crippen molar-refractivity contribution in [2.75, 3.05) is 6.54 Å². The highest BCUT2D eigenvalue weighted by atomic mass is 19.1. The third-order valence-corrected chi connectivity index (χ3v) is 2.63. The molecule has 20 heavy (non-hydrogen) atoms. The quantitative estimate of drug-likeness (QED) is 0.830. The summed E-state index contributed by atoms with van der Waals surface area (Å²) in [4.78, 5) is 11.7. The highest BCUT2D eigenvalue weighted by Gasteiger charge is 2.03. The van der Waals surface area contributed by atoms with Crippen molar-refractivity contribution in [1.82, 2.24) is 9.78 Å². The molecule has 0 amide bonds. The van der Waals surface area contributed by atoms with Crippen LogP contribution >= 0.6 is 0 Å². The molecule has 0 aliphatic rings. The third kappa shape index (κ3) is 3.53. The lowest BCUT2D eigenvalue weighted by atomic mass is 10.1. The lowest BCUT2D eigenvalue weighted by Gasteiger charge is -2.05. The summed E-state index contributed by atoms with van der Waals surface area (Å²) in [5, 5.41) is 4.02. The molecule has 0 unspecified atom stereocenters. The molecule has 2 N–H and O–H groups in total. The number of aromatic nitrogens is 2. The highest BCUT2D eigenvalue weighted by Crippen LogP contribution is 2.09. The van der Waals surface area contributed by atoms with Crippen LogP contribution in [0.5, 0.6) is 0 Å². The summed E-state index contributed by atoms with van der Waals surface area (Å²) >= 11 is 0. The Kier molecular flexibility index (Phi) is 4.28. The summed E-state index contributed by atoms with van der Waals surface area (Å²) in [7, 11) is 0. The number of hydrogen-bond acceptors (Lipinski definition) is 3. The van der Waals surface area contributed by atoms with E-state index in [1.807, 2.05) is 0 Å². The van der Waals surface area contributed by atoms with Gasteiger partial charge in [0, 0.05) is 11.6 Å². The van der Waals surface area contributed by atoms with Crippen molar-refractivity contribution in [2.24, 2.45) is 5.73 Å². The zero-order valence-electron chi connectivity index (χ0n) is 11.1. The fourth-order valence-electron chi connectivity index (χ4n) is 1.78. The number of rotatable bonds is 2. The minimum Gasteiger partial charge on any atom is -0.320 e. The molecule has 4 nitrogen and oxygen atoms in total. The van der Waals surface area contributed by atoms with E-state index in [2.05, 4.69) is 16.9 Å². The van der Waals surface area contributed by atoms with E-state index in [1.54, 1.807) is 19.2 Å². The predicted octanol–water partition coefficient (Wildman–Crippen LogP) is 1.05. The first kappa shape index (κ1) is 14.0. The number of aryl methyl sites for hydroxylation is 1. The van der Waals surface area contributed by atoms with E-state index in [1.165, 1.54) is 22.9 Å². The molecule has 2 rings (SSSR count).